The number of carbonyl (C=O) groups is 3. The van der Waals surface area contributed by atoms with Gasteiger partial charge in [-0.25, -0.2) is 17.6 Å². The maximum absolute atomic E-state index is 13.2. The number of nitrogens with zero attached hydrogens (tertiary/aromatic N) is 2. The van der Waals surface area contributed by atoms with Gasteiger partial charge in [0.25, 0.3) is 0 Å². The smallest absolute Gasteiger partial charge is 0.341 e. The summed E-state index contributed by atoms with van der Waals surface area (Å²) in [6.45, 7) is 2.64. The number of amides is 2. The van der Waals surface area contributed by atoms with Crippen molar-refractivity contribution in [1.82, 2.24) is 9.21 Å². The van der Waals surface area contributed by atoms with E-state index in [4.69, 9.17) is 4.74 Å². The first kappa shape index (κ1) is 25.3. The van der Waals surface area contributed by atoms with E-state index in [2.05, 4.69) is 5.32 Å². The predicted molar refractivity (Wildman–Crippen MR) is 127 cm³/mol. The zero-order chi connectivity index (χ0) is 25.3. The van der Waals surface area contributed by atoms with Crippen LogP contribution in [0.25, 0.3) is 0 Å². The van der Waals surface area contributed by atoms with Crippen LogP contribution < -0.4 is 5.32 Å². The Balaban J connectivity index is 1.46. The first-order valence-electron chi connectivity index (χ1n) is 11.2. The Morgan fingerprint density at radius 2 is 1.77 bits per heavy atom. The number of hydrogen-bond acceptors (Lipinski definition) is 7. The molecule has 2 amide bonds. The highest BCUT2D eigenvalue weighted by molar-refractivity contribution is 7.89. The third-order valence-corrected chi connectivity index (χ3v) is 9.45. The minimum absolute atomic E-state index is 0.00768. The topological polar surface area (TPSA) is 113 Å². The summed E-state index contributed by atoms with van der Waals surface area (Å²) in [5, 5.41) is 3.24. The van der Waals surface area contributed by atoms with Crippen LogP contribution >= 0.6 is 11.3 Å². The van der Waals surface area contributed by atoms with Gasteiger partial charge in [0.15, 0.2) is 0 Å². The number of methoxy groups -OCH3 is 1. The number of rotatable bonds is 5. The molecule has 0 bridgehead atoms. The average Bonchev–Trinajstić information content (AvgIpc) is 3.20. The number of piperidine rings is 1. The van der Waals surface area contributed by atoms with Crippen LogP contribution in [0.2, 0.25) is 0 Å². The molecule has 12 heteroatoms. The standard InChI is InChI=1S/C23H26FN3O6S2/c1-14(28)26-10-9-18-19(13-26)34-22(20(18)23(30)33-2)25-21(29)15-7-11-27(12-8-15)35(31,32)17-5-3-16(24)4-6-17/h3-6,15H,7-13H2,1-2H3,(H,25,29). The van der Waals surface area contributed by atoms with Gasteiger partial charge in [-0.1, -0.05) is 0 Å². The molecule has 1 fully saturated rings. The minimum Gasteiger partial charge on any atom is -0.465 e. The second-order valence-corrected chi connectivity index (χ2v) is 11.6. The van der Waals surface area contributed by atoms with Crippen molar-refractivity contribution in [2.24, 2.45) is 5.92 Å². The molecule has 0 aliphatic carbocycles. The Labute approximate surface area is 206 Å². The molecule has 1 N–H and O–H groups in total. The van der Waals surface area contributed by atoms with Crippen LogP contribution in [0.1, 0.15) is 40.6 Å². The molecule has 3 heterocycles. The highest BCUT2D eigenvalue weighted by atomic mass is 32.2. The fourth-order valence-electron chi connectivity index (χ4n) is 4.41. The second kappa shape index (κ2) is 10.0. The lowest BCUT2D eigenvalue weighted by Crippen LogP contribution is -2.41. The van der Waals surface area contributed by atoms with Crippen molar-refractivity contribution >= 4 is 44.1 Å². The van der Waals surface area contributed by atoms with E-state index in [9.17, 15) is 27.2 Å². The zero-order valence-corrected chi connectivity index (χ0v) is 21.0. The number of nitrogens with one attached hydrogen (secondary N) is 1. The fraction of sp³-hybridized carbons (Fsp3) is 0.435. The van der Waals surface area contributed by atoms with Crippen molar-refractivity contribution in [1.29, 1.82) is 0 Å². The van der Waals surface area contributed by atoms with Gasteiger partial charge >= 0.3 is 5.97 Å². The van der Waals surface area contributed by atoms with E-state index < -0.39 is 27.7 Å². The molecule has 0 atom stereocenters. The molecule has 35 heavy (non-hydrogen) atoms. The van der Waals surface area contributed by atoms with Crippen LogP contribution in [0, 0.1) is 11.7 Å². The molecule has 1 aromatic carbocycles. The summed E-state index contributed by atoms with van der Waals surface area (Å²) in [6.07, 6.45) is 1.11. The summed E-state index contributed by atoms with van der Waals surface area (Å²) in [5.41, 5.74) is 1.11. The maximum Gasteiger partial charge on any atom is 0.341 e. The van der Waals surface area contributed by atoms with Gasteiger partial charge in [-0.3, -0.25) is 9.59 Å². The summed E-state index contributed by atoms with van der Waals surface area (Å²) in [6, 6.07) is 4.65. The van der Waals surface area contributed by atoms with E-state index in [1.165, 1.54) is 41.8 Å². The number of sulfonamides is 1. The van der Waals surface area contributed by atoms with Gasteiger partial charge in [0.1, 0.15) is 10.8 Å². The highest BCUT2D eigenvalue weighted by Crippen LogP contribution is 2.38. The van der Waals surface area contributed by atoms with Crippen molar-refractivity contribution in [2.75, 3.05) is 32.1 Å². The van der Waals surface area contributed by atoms with Crippen molar-refractivity contribution in [2.45, 2.75) is 37.6 Å². The largest absolute Gasteiger partial charge is 0.465 e. The van der Waals surface area contributed by atoms with E-state index in [1.807, 2.05) is 0 Å². The van der Waals surface area contributed by atoms with Crippen LogP contribution in [0.5, 0.6) is 0 Å². The van der Waals surface area contributed by atoms with Gasteiger partial charge < -0.3 is 15.0 Å². The molecule has 188 valence electrons. The summed E-state index contributed by atoms with van der Waals surface area (Å²) in [5.74, 6) is -1.86. The van der Waals surface area contributed by atoms with Gasteiger partial charge in [0.2, 0.25) is 21.8 Å². The number of ether oxygens (including phenoxy) is 1. The second-order valence-electron chi connectivity index (χ2n) is 8.51. The first-order valence-corrected chi connectivity index (χ1v) is 13.4. The number of thiophene rings is 1. The van der Waals surface area contributed by atoms with Crippen molar-refractivity contribution < 1.29 is 31.9 Å². The number of carbonyl (C=O) groups excluding carboxylic acids is 3. The van der Waals surface area contributed by atoms with Crippen LogP contribution in [-0.2, 0) is 37.3 Å². The number of benzene rings is 1. The summed E-state index contributed by atoms with van der Waals surface area (Å²) in [4.78, 5) is 39.9. The van der Waals surface area contributed by atoms with Crippen LogP contribution in [0.15, 0.2) is 29.2 Å². The van der Waals surface area contributed by atoms with E-state index in [0.717, 1.165) is 22.6 Å². The van der Waals surface area contributed by atoms with Gasteiger partial charge in [0, 0.05) is 37.4 Å². The minimum atomic E-state index is -3.78. The average molecular weight is 524 g/mol. The molecular weight excluding hydrogens is 497 g/mol. The summed E-state index contributed by atoms with van der Waals surface area (Å²) in [7, 11) is -2.50. The number of halogens is 1. The monoisotopic (exact) mass is 523 g/mol. The molecule has 2 aromatic rings. The van der Waals surface area contributed by atoms with Gasteiger partial charge in [0.05, 0.1) is 24.1 Å². The van der Waals surface area contributed by atoms with Gasteiger partial charge in [-0.05, 0) is 49.1 Å². The summed E-state index contributed by atoms with van der Waals surface area (Å²) >= 11 is 1.26. The number of hydrogen-bond donors (Lipinski definition) is 1. The Kier molecular flexibility index (Phi) is 7.25. The van der Waals surface area contributed by atoms with Gasteiger partial charge in [-0.2, -0.15) is 4.31 Å². The lowest BCUT2D eigenvalue weighted by molar-refractivity contribution is -0.129. The molecule has 2 aliphatic heterocycles. The fourth-order valence-corrected chi connectivity index (χ4v) is 7.13. The molecule has 0 unspecified atom stereocenters. The van der Waals surface area contributed by atoms with Crippen LogP contribution in [0.4, 0.5) is 9.39 Å². The molecule has 2 aliphatic rings. The van der Waals surface area contributed by atoms with Crippen molar-refractivity contribution in [3.05, 3.63) is 46.1 Å². The highest BCUT2D eigenvalue weighted by Gasteiger charge is 2.34. The quantitative estimate of drug-likeness (QED) is 0.603. The molecule has 9 nitrogen and oxygen atoms in total. The van der Waals surface area contributed by atoms with E-state index in [0.29, 0.717) is 42.9 Å². The third kappa shape index (κ3) is 5.09. The maximum atomic E-state index is 13.2. The molecular formula is C23H26FN3O6S2. The number of esters is 1. The Bertz CT molecular complexity index is 1250. The van der Waals surface area contributed by atoms with E-state index in [1.54, 1.807) is 4.90 Å². The molecule has 0 radical (unpaired) electrons. The predicted octanol–water partition coefficient (Wildman–Crippen LogP) is 2.62. The molecule has 0 saturated carbocycles. The van der Waals surface area contributed by atoms with Crippen LogP contribution in [-0.4, -0.2) is 62.2 Å². The lowest BCUT2D eigenvalue weighted by atomic mass is 9.97. The third-order valence-electron chi connectivity index (χ3n) is 6.40. The lowest BCUT2D eigenvalue weighted by Gasteiger charge is -2.30. The molecule has 1 aromatic heterocycles. The molecule has 4 rings (SSSR count). The number of fused-ring (bicyclic) bond motifs is 1. The van der Waals surface area contributed by atoms with Crippen molar-refractivity contribution in [3.63, 3.8) is 0 Å². The first-order chi connectivity index (χ1) is 16.6. The van der Waals surface area contributed by atoms with Crippen molar-refractivity contribution in [3.8, 4) is 0 Å². The Morgan fingerprint density at radius 1 is 1.11 bits per heavy atom. The van der Waals surface area contributed by atoms with E-state index in [-0.39, 0.29) is 29.8 Å². The Hall–Kier alpha value is -2.83. The number of anilines is 1. The molecule has 1 saturated heterocycles. The van der Waals surface area contributed by atoms with Crippen LogP contribution in [0.3, 0.4) is 0 Å². The van der Waals surface area contributed by atoms with Gasteiger partial charge in [-0.15, -0.1) is 11.3 Å². The molecule has 0 spiro atoms. The normalized spacial score (nSPS) is 17.1. The SMILES string of the molecule is COC(=O)c1c(NC(=O)C2CCN(S(=O)(=O)c3ccc(F)cc3)CC2)sc2c1CCN(C(C)=O)C2. The Morgan fingerprint density at radius 3 is 2.37 bits per heavy atom. The summed E-state index contributed by atoms with van der Waals surface area (Å²) < 4.78 is 45.1. The van der Waals surface area contributed by atoms with E-state index >= 15 is 0 Å². The zero-order valence-electron chi connectivity index (χ0n) is 19.4.